The fraction of sp³-hybridized carbons (Fsp3) is 0.517. The predicted octanol–water partition coefficient (Wildman–Crippen LogP) is 4.58. The topological polar surface area (TPSA) is 86.8 Å². The molecule has 3 rings (SSSR count). The zero-order valence-corrected chi connectivity index (χ0v) is 23.4. The Hall–Kier alpha value is -2.87. The molecular formula is C29H41N3O4S. The Morgan fingerprint density at radius 1 is 1.05 bits per heavy atom. The number of hydrogen-bond acceptors (Lipinski definition) is 4. The van der Waals surface area contributed by atoms with Crippen molar-refractivity contribution in [2.45, 2.75) is 84.3 Å². The van der Waals surface area contributed by atoms with Crippen LogP contribution >= 0.6 is 0 Å². The first kappa shape index (κ1) is 28.7. The van der Waals surface area contributed by atoms with Crippen LogP contribution in [0.5, 0.6) is 0 Å². The summed E-state index contributed by atoms with van der Waals surface area (Å²) in [6.45, 7) is 6.34. The fourth-order valence-electron chi connectivity index (χ4n) is 4.85. The number of anilines is 1. The first-order valence-electron chi connectivity index (χ1n) is 13.3. The molecule has 2 amide bonds. The van der Waals surface area contributed by atoms with Crippen LogP contribution in [0.3, 0.4) is 0 Å². The SMILES string of the molecule is CCc1ccc(N(CCCC(=O)N(Cc2ccccc2C)C(C)C(=O)NC2CCCC2)S(C)(=O)=O)cc1. The number of nitrogens with one attached hydrogen (secondary N) is 1. The highest BCUT2D eigenvalue weighted by Crippen LogP contribution is 2.21. The predicted molar refractivity (Wildman–Crippen MR) is 149 cm³/mol. The summed E-state index contributed by atoms with van der Waals surface area (Å²) in [7, 11) is -3.51. The van der Waals surface area contributed by atoms with Crippen LogP contribution in [0.4, 0.5) is 5.69 Å². The summed E-state index contributed by atoms with van der Waals surface area (Å²) >= 11 is 0. The van der Waals surface area contributed by atoms with Crippen molar-refractivity contribution >= 4 is 27.5 Å². The molecule has 1 aliphatic carbocycles. The standard InChI is InChI=1S/C29H41N3O4S/c1-5-24-16-18-27(19-17-24)32(37(4,35)36)20-10-15-28(33)31(21-25-12-7-6-11-22(25)2)23(3)29(34)30-26-13-8-9-14-26/h6-7,11-12,16-19,23,26H,5,8-10,13-15,20-21H2,1-4H3,(H,30,34). The second-order valence-corrected chi connectivity index (χ2v) is 12.0. The molecular weight excluding hydrogens is 486 g/mol. The first-order chi connectivity index (χ1) is 17.6. The lowest BCUT2D eigenvalue weighted by atomic mass is 10.1. The van der Waals surface area contributed by atoms with Crippen LogP contribution in [0.25, 0.3) is 0 Å². The lowest BCUT2D eigenvalue weighted by Gasteiger charge is -2.30. The maximum Gasteiger partial charge on any atom is 0.242 e. The highest BCUT2D eigenvalue weighted by atomic mass is 32.2. The van der Waals surface area contributed by atoms with E-state index in [1.165, 1.54) is 10.6 Å². The summed E-state index contributed by atoms with van der Waals surface area (Å²) in [6.07, 6.45) is 6.73. The quantitative estimate of drug-likeness (QED) is 0.438. The zero-order chi connectivity index (χ0) is 27.0. The van der Waals surface area contributed by atoms with E-state index in [1.54, 1.807) is 11.8 Å². The number of carbonyl (C=O) groups excluding carboxylic acids is 2. The second-order valence-electron chi connectivity index (χ2n) is 10.1. The Labute approximate surface area is 222 Å². The molecule has 0 aromatic heterocycles. The van der Waals surface area contributed by atoms with Crippen LogP contribution in [0.15, 0.2) is 48.5 Å². The average molecular weight is 528 g/mol. The van der Waals surface area contributed by atoms with Crippen molar-refractivity contribution < 1.29 is 18.0 Å². The van der Waals surface area contributed by atoms with E-state index in [4.69, 9.17) is 0 Å². The number of aryl methyl sites for hydroxylation is 2. The normalized spacial score (nSPS) is 14.8. The van der Waals surface area contributed by atoms with Gasteiger partial charge in [0.15, 0.2) is 0 Å². The summed E-state index contributed by atoms with van der Waals surface area (Å²) in [6, 6.07) is 14.9. The second kappa shape index (κ2) is 13.1. The minimum atomic E-state index is -3.51. The van der Waals surface area contributed by atoms with Gasteiger partial charge in [-0.1, -0.05) is 56.2 Å². The molecule has 2 aromatic carbocycles. The number of benzene rings is 2. The molecule has 1 aliphatic rings. The lowest BCUT2D eigenvalue weighted by molar-refractivity contribution is -0.141. The van der Waals surface area contributed by atoms with Gasteiger partial charge in [0.1, 0.15) is 6.04 Å². The molecule has 0 heterocycles. The van der Waals surface area contributed by atoms with Crippen molar-refractivity contribution in [1.82, 2.24) is 10.2 Å². The van der Waals surface area contributed by atoms with Crippen molar-refractivity contribution in [3.8, 4) is 0 Å². The molecule has 1 saturated carbocycles. The van der Waals surface area contributed by atoms with Gasteiger partial charge >= 0.3 is 0 Å². The average Bonchev–Trinajstić information content (AvgIpc) is 3.38. The fourth-order valence-corrected chi connectivity index (χ4v) is 5.81. The van der Waals surface area contributed by atoms with Gasteiger partial charge < -0.3 is 10.2 Å². The molecule has 202 valence electrons. The van der Waals surface area contributed by atoms with Crippen molar-refractivity contribution in [3.05, 3.63) is 65.2 Å². The van der Waals surface area contributed by atoms with Crippen molar-refractivity contribution in [2.24, 2.45) is 0 Å². The zero-order valence-electron chi connectivity index (χ0n) is 22.6. The molecule has 1 unspecified atom stereocenters. The molecule has 0 spiro atoms. The van der Waals surface area contributed by atoms with Gasteiger partial charge in [0.05, 0.1) is 11.9 Å². The molecule has 0 bridgehead atoms. The highest BCUT2D eigenvalue weighted by molar-refractivity contribution is 7.92. The number of amides is 2. The Morgan fingerprint density at radius 3 is 2.30 bits per heavy atom. The van der Waals surface area contributed by atoms with Gasteiger partial charge in [0.25, 0.3) is 0 Å². The molecule has 1 atom stereocenters. The Balaban J connectivity index is 1.72. The summed E-state index contributed by atoms with van der Waals surface area (Å²) in [4.78, 5) is 28.2. The van der Waals surface area contributed by atoms with Gasteiger partial charge in [-0.05, 0) is 68.4 Å². The number of sulfonamides is 1. The van der Waals surface area contributed by atoms with Crippen LogP contribution in [-0.2, 0) is 32.6 Å². The third-order valence-corrected chi connectivity index (χ3v) is 8.45. The largest absolute Gasteiger partial charge is 0.352 e. The van der Waals surface area contributed by atoms with E-state index in [-0.39, 0.29) is 30.8 Å². The summed E-state index contributed by atoms with van der Waals surface area (Å²) in [5, 5.41) is 3.12. The van der Waals surface area contributed by atoms with Crippen LogP contribution in [0.2, 0.25) is 0 Å². The van der Waals surface area contributed by atoms with E-state index in [0.717, 1.165) is 48.8 Å². The number of rotatable bonds is 12. The maximum absolute atomic E-state index is 13.5. The minimum absolute atomic E-state index is 0.136. The molecule has 7 nitrogen and oxygen atoms in total. The molecule has 0 saturated heterocycles. The third kappa shape index (κ3) is 8.06. The summed E-state index contributed by atoms with van der Waals surface area (Å²) in [5.41, 5.74) is 3.77. The van der Waals surface area contributed by atoms with Gasteiger partial charge in [-0.3, -0.25) is 13.9 Å². The molecule has 1 N–H and O–H groups in total. The third-order valence-electron chi connectivity index (χ3n) is 7.26. The van der Waals surface area contributed by atoms with Crippen LogP contribution in [0, 0.1) is 6.92 Å². The molecule has 1 fully saturated rings. The van der Waals surface area contributed by atoms with Crippen LogP contribution in [-0.4, -0.2) is 50.0 Å². The van der Waals surface area contributed by atoms with Crippen LogP contribution in [0.1, 0.15) is 69.1 Å². The lowest BCUT2D eigenvalue weighted by Crippen LogP contribution is -2.49. The van der Waals surface area contributed by atoms with Crippen molar-refractivity contribution in [2.75, 3.05) is 17.1 Å². The van der Waals surface area contributed by atoms with E-state index in [2.05, 4.69) is 5.32 Å². The molecule has 0 radical (unpaired) electrons. The molecule has 2 aromatic rings. The number of nitrogens with zero attached hydrogens (tertiary/aromatic N) is 2. The molecule has 8 heteroatoms. The Morgan fingerprint density at radius 2 is 1.70 bits per heavy atom. The van der Waals surface area contributed by atoms with E-state index in [9.17, 15) is 18.0 Å². The number of hydrogen-bond donors (Lipinski definition) is 1. The molecule has 0 aliphatic heterocycles. The van der Waals surface area contributed by atoms with E-state index < -0.39 is 16.1 Å². The van der Waals surface area contributed by atoms with E-state index in [0.29, 0.717) is 18.7 Å². The highest BCUT2D eigenvalue weighted by Gasteiger charge is 2.29. The molecule has 37 heavy (non-hydrogen) atoms. The Kier molecular flexibility index (Phi) is 10.1. The smallest absolute Gasteiger partial charge is 0.242 e. The van der Waals surface area contributed by atoms with E-state index in [1.807, 2.05) is 62.4 Å². The van der Waals surface area contributed by atoms with Gasteiger partial charge in [-0.2, -0.15) is 0 Å². The first-order valence-corrected chi connectivity index (χ1v) is 15.2. The van der Waals surface area contributed by atoms with Crippen LogP contribution < -0.4 is 9.62 Å². The minimum Gasteiger partial charge on any atom is -0.352 e. The monoisotopic (exact) mass is 527 g/mol. The summed E-state index contributed by atoms with van der Waals surface area (Å²) < 4.78 is 26.4. The van der Waals surface area contributed by atoms with Crippen molar-refractivity contribution in [3.63, 3.8) is 0 Å². The van der Waals surface area contributed by atoms with Gasteiger partial charge in [-0.15, -0.1) is 0 Å². The van der Waals surface area contributed by atoms with Gasteiger partial charge in [0, 0.05) is 25.6 Å². The maximum atomic E-state index is 13.5. The van der Waals surface area contributed by atoms with Gasteiger partial charge in [-0.25, -0.2) is 8.42 Å². The summed E-state index contributed by atoms with van der Waals surface area (Å²) in [5.74, 6) is -0.297. The Bertz CT molecular complexity index is 1160. The van der Waals surface area contributed by atoms with Crippen molar-refractivity contribution in [1.29, 1.82) is 0 Å². The van der Waals surface area contributed by atoms with E-state index >= 15 is 0 Å². The van der Waals surface area contributed by atoms with Gasteiger partial charge in [0.2, 0.25) is 21.8 Å². The number of carbonyl (C=O) groups is 2.